The molecule has 3 unspecified atom stereocenters. The van der Waals surface area contributed by atoms with E-state index in [1.807, 2.05) is 36.4 Å². The van der Waals surface area contributed by atoms with Gasteiger partial charge in [0.05, 0.1) is 11.6 Å². The molecule has 0 spiro atoms. The molecule has 3 N–H and O–H groups in total. The molecule has 4 rings (SSSR count). The number of carbonyl (C=O) groups is 1. The van der Waals surface area contributed by atoms with E-state index in [2.05, 4.69) is 26.9 Å². The number of halogens is 1. The molecule has 6 nitrogen and oxygen atoms in total. The maximum absolute atomic E-state index is 12.6. The van der Waals surface area contributed by atoms with E-state index in [0.717, 1.165) is 50.9 Å². The minimum Gasteiger partial charge on any atom is -0.370 e. The van der Waals surface area contributed by atoms with Crippen LogP contribution in [-0.2, 0) is 0 Å². The zero-order chi connectivity index (χ0) is 22.3. The number of anilines is 2. The Balaban J connectivity index is 1.34. The number of benzene rings is 2. The number of rotatable bonds is 5. The molecule has 168 valence electrons. The third kappa shape index (κ3) is 5.93. The molecule has 1 aliphatic carbocycles. The number of carbonyl (C=O) groups excluding carboxylic acids is 1. The monoisotopic (exact) mass is 451 g/mol. The summed E-state index contributed by atoms with van der Waals surface area (Å²) in [6.45, 7) is 1.96. The number of nitrogens with zero attached hydrogens (tertiary/aromatic N) is 2. The molecule has 2 aromatic carbocycles. The van der Waals surface area contributed by atoms with Crippen LogP contribution in [0.3, 0.4) is 0 Å². The Labute approximate surface area is 194 Å². The van der Waals surface area contributed by atoms with Crippen LogP contribution in [0.15, 0.2) is 48.5 Å². The zero-order valence-electron chi connectivity index (χ0n) is 18.2. The van der Waals surface area contributed by atoms with E-state index in [1.165, 1.54) is 6.42 Å². The molecule has 2 aromatic rings. The van der Waals surface area contributed by atoms with Crippen LogP contribution >= 0.6 is 11.6 Å². The second kappa shape index (κ2) is 10.7. The van der Waals surface area contributed by atoms with Gasteiger partial charge < -0.3 is 20.9 Å². The van der Waals surface area contributed by atoms with Gasteiger partial charge in [-0.15, -0.1) is 0 Å². The van der Waals surface area contributed by atoms with Crippen LogP contribution in [0.5, 0.6) is 0 Å². The van der Waals surface area contributed by atoms with Crippen LogP contribution in [-0.4, -0.2) is 37.2 Å². The quantitative estimate of drug-likeness (QED) is 0.603. The third-order valence-corrected chi connectivity index (χ3v) is 6.63. The molecule has 2 fully saturated rings. The molecule has 1 saturated carbocycles. The Kier molecular flexibility index (Phi) is 7.51. The first kappa shape index (κ1) is 22.4. The average molecular weight is 452 g/mol. The smallest absolute Gasteiger partial charge is 0.319 e. The van der Waals surface area contributed by atoms with Gasteiger partial charge in [-0.05, 0) is 68.1 Å². The van der Waals surface area contributed by atoms with E-state index in [4.69, 9.17) is 16.9 Å². The van der Waals surface area contributed by atoms with Crippen LogP contribution in [0.2, 0.25) is 5.02 Å². The lowest BCUT2D eigenvalue weighted by atomic mass is 9.89. The van der Waals surface area contributed by atoms with Gasteiger partial charge in [0.2, 0.25) is 0 Å². The van der Waals surface area contributed by atoms with Crippen molar-refractivity contribution < 1.29 is 4.79 Å². The standard InChI is InChI=1S/C25H30ClN5O/c26-19-5-3-6-20(15-19)29-25(32)30-24-9-2-1-8-23(24)28-21-7-4-14-31(17-21)22-12-10-18(16-27)11-13-22/h3,5-6,10-13,15,21,23-24,28H,1-2,4,7-9,14,17H2,(H2,29,30,32). The Bertz CT molecular complexity index is 958. The Morgan fingerprint density at radius 3 is 2.56 bits per heavy atom. The van der Waals surface area contributed by atoms with Crippen LogP contribution in [0.1, 0.15) is 44.1 Å². The Morgan fingerprint density at radius 1 is 1.03 bits per heavy atom. The zero-order valence-corrected chi connectivity index (χ0v) is 18.9. The van der Waals surface area contributed by atoms with Crippen LogP contribution in [0.25, 0.3) is 0 Å². The molecular formula is C25H30ClN5O. The highest BCUT2D eigenvalue weighted by atomic mass is 35.5. The second-order valence-corrected chi connectivity index (χ2v) is 9.15. The van der Waals surface area contributed by atoms with Crippen molar-refractivity contribution in [2.75, 3.05) is 23.3 Å². The minimum absolute atomic E-state index is 0.105. The summed E-state index contributed by atoms with van der Waals surface area (Å²) in [5.74, 6) is 0. The second-order valence-electron chi connectivity index (χ2n) is 8.72. The van der Waals surface area contributed by atoms with E-state index < -0.39 is 0 Å². The van der Waals surface area contributed by atoms with Crippen LogP contribution in [0.4, 0.5) is 16.2 Å². The first-order valence-electron chi connectivity index (χ1n) is 11.4. The molecule has 1 saturated heterocycles. The fourth-order valence-electron chi connectivity index (χ4n) is 4.80. The Morgan fingerprint density at radius 2 is 1.81 bits per heavy atom. The van der Waals surface area contributed by atoms with Crippen LogP contribution < -0.4 is 20.9 Å². The summed E-state index contributed by atoms with van der Waals surface area (Å²) in [6.07, 6.45) is 6.60. The largest absolute Gasteiger partial charge is 0.370 e. The maximum Gasteiger partial charge on any atom is 0.319 e. The predicted molar refractivity (Wildman–Crippen MR) is 129 cm³/mol. The van der Waals surface area contributed by atoms with Crippen molar-refractivity contribution in [3.63, 3.8) is 0 Å². The van der Waals surface area contributed by atoms with Gasteiger partial charge in [-0.1, -0.05) is 30.5 Å². The number of hydrogen-bond acceptors (Lipinski definition) is 4. The molecule has 0 aromatic heterocycles. The highest BCUT2D eigenvalue weighted by Gasteiger charge is 2.30. The van der Waals surface area contributed by atoms with Gasteiger partial charge in [0.1, 0.15) is 0 Å². The van der Waals surface area contributed by atoms with Crippen molar-refractivity contribution in [1.29, 1.82) is 5.26 Å². The molecule has 32 heavy (non-hydrogen) atoms. The molecule has 0 radical (unpaired) electrons. The summed E-state index contributed by atoms with van der Waals surface area (Å²) < 4.78 is 0. The van der Waals surface area contributed by atoms with Crippen molar-refractivity contribution >= 4 is 29.0 Å². The molecule has 3 atom stereocenters. The van der Waals surface area contributed by atoms with E-state index in [-0.39, 0.29) is 18.1 Å². The summed E-state index contributed by atoms with van der Waals surface area (Å²) in [5.41, 5.74) is 2.54. The van der Waals surface area contributed by atoms with Crippen molar-refractivity contribution in [2.45, 2.75) is 56.7 Å². The minimum atomic E-state index is -0.186. The van der Waals surface area contributed by atoms with Crippen molar-refractivity contribution in [2.24, 2.45) is 0 Å². The number of urea groups is 1. The summed E-state index contributed by atoms with van der Waals surface area (Å²) in [4.78, 5) is 15.0. The van der Waals surface area contributed by atoms with Crippen LogP contribution in [0, 0.1) is 11.3 Å². The summed E-state index contributed by atoms with van der Waals surface area (Å²) in [7, 11) is 0. The highest BCUT2D eigenvalue weighted by Crippen LogP contribution is 2.24. The number of nitriles is 1. The van der Waals surface area contributed by atoms with E-state index in [0.29, 0.717) is 22.3 Å². The topological polar surface area (TPSA) is 80.2 Å². The molecule has 1 aliphatic heterocycles. The lowest BCUT2D eigenvalue weighted by Crippen LogP contribution is -2.57. The molecular weight excluding hydrogens is 422 g/mol. The number of hydrogen-bond donors (Lipinski definition) is 3. The van der Waals surface area contributed by atoms with Gasteiger partial charge in [0, 0.05) is 47.6 Å². The van der Waals surface area contributed by atoms with E-state index >= 15 is 0 Å². The fourth-order valence-corrected chi connectivity index (χ4v) is 4.99. The maximum atomic E-state index is 12.6. The summed E-state index contributed by atoms with van der Waals surface area (Å²) >= 11 is 6.02. The third-order valence-electron chi connectivity index (χ3n) is 6.40. The van der Waals surface area contributed by atoms with Gasteiger partial charge in [-0.25, -0.2) is 4.79 Å². The molecule has 2 amide bonds. The Hall–Kier alpha value is -2.75. The van der Waals surface area contributed by atoms with Crippen molar-refractivity contribution in [3.8, 4) is 6.07 Å². The van der Waals surface area contributed by atoms with E-state index in [9.17, 15) is 4.79 Å². The first-order chi connectivity index (χ1) is 15.6. The number of nitrogens with one attached hydrogen (secondary N) is 3. The van der Waals surface area contributed by atoms with Gasteiger partial charge in [0.25, 0.3) is 0 Å². The van der Waals surface area contributed by atoms with Gasteiger partial charge in [0.15, 0.2) is 0 Å². The predicted octanol–water partition coefficient (Wildman–Crippen LogP) is 4.90. The lowest BCUT2D eigenvalue weighted by molar-refractivity contribution is 0.226. The SMILES string of the molecule is N#Cc1ccc(N2CCCC(NC3CCCCC3NC(=O)Nc3cccc(Cl)c3)C2)cc1. The fraction of sp³-hybridized carbons (Fsp3) is 0.440. The first-order valence-corrected chi connectivity index (χ1v) is 11.8. The van der Waals surface area contributed by atoms with Crippen molar-refractivity contribution in [3.05, 3.63) is 59.1 Å². The van der Waals surface area contributed by atoms with Gasteiger partial charge >= 0.3 is 6.03 Å². The lowest BCUT2D eigenvalue weighted by Gasteiger charge is -2.40. The average Bonchev–Trinajstić information content (AvgIpc) is 2.80. The van der Waals surface area contributed by atoms with Gasteiger partial charge in [-0.3, -0.25) is 0 Å². The van der Waals surface area contributed by atoms with E-state index in [1.54, 1.807) is 12.1 Å². The van der Waals surface area contributed by atoms with Gasteiger partial charge in [-0.2, -0.15) is 5.26 Å². The summed E-state index contributed by atoms with van der Waals surface area (Å²) in [6, 6.07) is 17.8. The molecule has 2 aliphatic rings. The highest BCUT2D eigenvalue weighted by molar-refractivity contribution is 6.30. The van der Waals surface area contributed by atoms with Crippen molar-refractivity contribution in [1.82, 2.24) is 10.6 Å². The summed E-state index contributed by atoms with van der Waals surface area (Å²) in [5, 5.41) is 19.6. The number of piperidine rings is 1. The molecule has 0 bridgehead atoms. The normalized spacial score (nSPS) is 23.2. The number of amides is 2. The molecule has 7 heteroatoms. The molecule has 1 heterocycles.